The second-order valence-corrected chi connectivity index (χ2v) is 5.77. The molecule has 3 rings (SSSR count). The topological polar surface area (TPSA) is 60.7 Å². The quantitative estimate of drug-likeness (QED) is 0.694. The van der Waals surface area contributed by atoms with E-state index >= 15 is 0 Å². The average Bonchev–Trinajstić information content (AvgIpc) is 2.99. The minimum absolute atomic E-state index is 0.00257. The predicted molar refractivity (Wildman–Crippen MR) is 84.0 cm³/mol. The molecule has 5 nitrogen and oxygen atoms in total. The highest BCUT2D eigenvalue weighted by Crippen LogP contribution is 2.08. The summed E-state index contributed by atoms with van der Waals surface area (Å²) in [5, 5.41) is 3.82. The van der Waals surface area contributed by atoms with Crippen molar-refractivity contribution in [3.63, 3.8) is 0 Å². The SMILES string of the molecule is Cc1ccc2nc(COC(=O)Cc3ccsc3)cc(=O)n2c1. The molecular formula is C16H14N2O3S. The lowest BCUT2D eigenvalue weighted by molar-refractivity contribution is -0.144. The standard InChI is InChI=1S/C16H14N2O3S/c1-11-2-3-14-17-13(7-15(19)18(14)8-11)9-21-16(20)6-12-4-5-22-10-12/h2-5,7-8,10H,6,9H2,1H3. The van der Waals surface area contributed by atoms with Crippen LogP contribution in [0.5, 0.6) is 0 Å². The average molecular weight is 314 g/mol. The van der Waals surface area contributed by atoms with E-state index < -0.39 is 0 Å². The number of fused-ring (bicyclic) bond motifs is 1. The first-order chi connectivity index (χ1) is 10.6. The summed E-state index contributed by atoms with van der Waals surface area (Å²) >= 11 is 1.54. The van der Waals surface area contributed by atoms with E-state index in [0.29, 0.717) is 11.3 Å². The number of ether oxygens (including phenoxy) is 1. The maximum atomic E-state index is 12.0. The van der Waals surface area contributed by atoms with Crippen molar-refractivity contribution < 1.29 is 9.53 Å². The molecule has 0 bridgehead atoms. The van der Waals surface area contributed by atoms with Gasteiger partial charge in [0.05, 0.1) is 12.1 Å². The fraction of sp³-hybridized carbons (Fsp3) is 0.188. The summed E-state index contributed by atoms with van der Waals surface area (Å²) < 4.78 is 6.66. The lowest BCUT2D eigenvalue weighted by Crippen LogP contribution is -2.17. The number of hydrogen-bond acceptors (Lipinski definition) is 5. The van der Waals surface area contributed by atoms with Crippen molar-refractivity contribution in [2.45, 2.75) is 20.0 Å². The van der Waals surface area contributed by atoms with Gasteiger partial charge in [0.1, 0.15) is 12.3 Å². The zero-order valence-corrected chi connectivity index (χ0v) is 12.8. The van der Waals surface area contributed by atoms with Gasteiger partial charge < -0.3 is 4.74 Å². The van der Waals surface area contributed by atoms with Crippen LogP contribution in [0, 0.1) is 6.92 Å². The molecular weight excluding hydrogens is 300 g/mol. The van der Waals surface area contributed by atoms with Crippen LogP contribution in [0.15, 0.2) is 46.0 Å². The third kappa shape index (κ3) is 3.23. The number of pyridine rings is 1. The summed E-state index contributed by atoms with van der Waals surface area (Å²) in [6.07, 6.45) is 1.96. The van der Waals surface area contributed by atoms with Gasteiger partial charge in [-0.15, -0.1) is 0 Å². The van der Waals surface area contributed by atoms with E-state index in [1.807, 2.05) is 29.8 Å². The monoisotopic (exact) mass is 314 g/mol. The molecule has 0 aliphatic rings. The summed E-state index contributed by atoms with van der Waals surface area (Å²) in [5.74, 6) is -0.329. The zero-order valence-electron chi connectivity index (χ0n) is 12.0. The minimum Gasteiger partial charge on any atom is -0.459 e. The highest BCUT2D eigenvalue weighted by molar-refractivity contribution is 7.07. The molecule has 6 heteroatoms. The number of rotatable bonds is 4. The second kappa shape index (κ2) is 6.11. The Morgan fingerprint density at radius 3 is 3.00 bits per heavy atom. The van der Waals surface area contributed by atoms with Crippen molar-refractivity contribution in [3.8, 4) is 0 Å². The Hall–Kier alpha value is -2.47. The van der Waals surface area contributed by atoms with Crippen molar-refractivity contribution in [1.29, 1.82) is 0 Å². The van der Waals surface area contributed by atoms with Gasteiger partial charge in [0.25, 0.3) is 5.56 Å². The van der Waals surface area contributed by atoms with Crippen LogP contribution >= 0.6 is 11.3 Å². The molecule has 0 aliphatic heterocycles. The molecule has 0 amide bonds. The third-order valence-electron chi connectivity index (χ3n) is 3.17. The molecule has 0 fully saturated rings. The molecule has 0 aliphatic carbocycles. The molecule has 3 aromatic heterocycles. The fourth-order valence-corrected chi connectivity index (χ4v) is 2.77. The Balaban J connectivity index is 1.73. The number of carbonyl (C=O) groups excluding carboxylic acids is 1. The minimum atomic E-state index is -0.329. The van der Waals surface area contributed by atoms with Crippen molar-refractivity contribution >= 4 is 23.0 Å². The number of aromatic nitrogens is 2. The lowest BCUT2D eigenvalue weighted by Gasteiger charge is -2.06. The van der Waals surface area contributed by atoms with Crippen molar-refractivity contribution in [1.82, 2.24) is 9.38 Å². The van der Waals surface area contributed by atoms with E-state index in [4.69, 9.17) is 4.74 Å². The molecule has 0 spiro atoms. The fourth-order valence-electron chi connectivity index (χ4n) is 2.10. The van der Waals surface area contributed by atoms with Crippen LogP contribution in [0.1, 0.15) is 16.8 Å². The van der Waals surface area contributed by atoms with Gasteiger partial charge in [-0.25, -0.2) is 4.98 Å². The van der Waals surface area contributed by atoms with Crippen LogP contribution in [0.2, 0.25) is 0 Å². The molecule has 3 aromatic rings. The maximum absolute atomic E-state index is 12.0. The summed E-state index contributed by atoms with van der Waals surface area (Å²) in [7, 11) is 0. The number of aryl methyl sites for hydroxylation is 1. The largest absolute Gasteiger partial charge is 0.459 e. The molecule has 3 heterocycles. The molecule has 0 aromatic carbocycles. The molecule has 0 unspecified atom stereocenters. The van der Waals surface area contributed by atoms with E-state index in [2.05, 4.69) is 4.98 Å². The van der Waals surface area contributed by atoms with Gasteiger partial charge in [-0.2, -0.15) is 11.3 Å². The van der Waals surface area contributed by atoms with Crippen LogP contribution in [-0.2, 0) is 22.6 Å². The molecule has 22 heavy (non-hydrogen) atoms. The smallest absolute Gasteiger partial charge is 0.310 e. The second-order valence-electron chi connectivity index (χ2n) is 4.99. The molecule has 112 valence electrons. The molecule has 0 radical (unpaired) electrons. The normalized spacial score (nSPS) is 10.8. The van der Waals surface area contributed by atoms with Gasteiger partial charge in [-0.05, 0) is 40.9 Å². The van der Waals surface area contributed by atoms with Crippen molar-refractivity contribution in [3.05, 3.63) is 68.4 Å². The van der Waals surface area contributed by atoms with Crippen molar-refractivity contribution in [2.75, 3.05) is 0 Å². The Labute approximate surface area is 130 Å². The Kier molecular flexibility index (Phi) is 4.02. The lowest BCUT2D eigenvalue weighted by atomic mass is 10.2. The first-order valence-corrected chi connectivity index (χ1v) is 7.72. The number of carbonyl (C=O) groups is 1. The maximum Gasteiger partial charge on any atom is 0.310 e. The highest BCUT2D eigenvalue weighted by atomic mass is 32.1. The highest BCUT2D eigenvalue weighted by Gasteiger charge is 2.08. The number of hydrogen-bond donors (Lipinski definition) is 0. The summed E-state index contributed by atoms with van der Waals surface area (Å²) in [6.45, 7) is 1.91. The van der Waals surface area contributed by atoms with Gasteiger partial charge >= 0.3 is 5.97 Å². The molecule has 0 N–H and O–H groups in total. The first-order valence-electron chi connectivity index (χ1n) is 6.77. The number of esters is 1. The zero-order chi connectivity index (χ0) is 15.5. The number of thiophene rings is 1. The summed E-state index contributed by atoms with van der Waals surface area (Å²) in [4.78, 5) is 28.1. The van der Waals surface area contributed by atoms with E-state index in [1.165, 1.54) is 21.8 Å². The van der Waals surface area contributed by atoms with Crippen molar-refractivity contribution in [2.24, 2.45) is 0 Å². The van der Waals surface area contributed by atoms with Gasteiger partial charge in [-0.3, -0.25) is 14.0 Å². The molecule has 0 saturated heterocycles. The van der Waals surface area contributed by atoms with Gasteiger partial charge in [0.15, 0.2) is 0 Å². The van der Waals surface area contributed by atoms with E-state index in [-0.39, 0.29) is 24.6 Å². The predicted octanol–water partition coefficient (Wildman–Crippen LogP) is 2.35. The van der Waals surface area contributed by atoms with Crippen LogP contribution in [-0.4, -0.2) is 15.4 Å². The Bertz CT molecular complexity index is 869. The van der Waals surface area contributed by atoms with Crippen LogP contribution in [0.3, 0.4) is 0 Å². The van der Waals surface area contributed by atoms with Crippen LogP contribution in [0.25, 0.3) is 5.65 Å². The van der Waals surface area contributed by atoms with E-state index in [9.17, 15) is 9.59 Å². The van der Waals surface area contributed by atoms with Crippen LogP contribution < -0.4 is 5.56 Å². The Morgan fingerprint density at radius 1 is 1.36 bits per heavy atom. The van der Waals surface area contributed by atoms with E-state index in [1.54, 1.807) is 12.3 Å². The van der Waals surface area contributed by atoms with Gasteiger partial charge in [0.2, 0.25) is 0 Å². The first kappa shape index (κ1) is 14.5. The Morgan fingerprint density at radius 2 is 2.23 bits per heavy atom. The number of nitrogens with zero attached hydrogens (tertiary/aromatic N) is 2. The molecule has 0 saturated carbocycles. The molecule has 0 atom stereocenters. The third-order valence-corrected chi connectivity index (χ3v) is 3.90. The summed E-state index contributed by atoms with van der Waals surface area (Å²) in [6, 6.07) is 6.93. The summed E-state index contributed by atoms with van der Waals surface area (Å²) in [5.41, 5.74) is 2.72. The van der Waals surface area contributed by atoms with Gasteiger partial charge in [-0.1, -0.05) is 6.07 Å². The van der Waals surface area contributed by atoms with Crippen LogP contribution in [0.4, 0.5) is 0 Å². The van der Waals surface area contributed by atoms with E-state index in [0.717, 1.165) is 11.1 Å². The van der Waals surface area contributed by atoms with Gasteiger partial charge in [0, 0.05) is 12.3 Å².